The van der Waals surface area contributed by atoms with Crippen LogP contribution in [0.25, 0.3) is 5.52 Å². The summed E-state index contributed by atoms with van der Waals surface area (Å²) in [6.45, 7) is 5.47. The molecular weight excluding hydrogens is 404 g/mol. The van der Waals surface area contributed by atoms with E-state index in [0.29, 0.717) is 37.6 Å². The van der Waals surface area contributed by atoms with E-state index in [0.717, 1.165) is 36.8 Å². The van der Waals surface area contributed by atoms with Crippen molar-refractivity contribution in [3.05, 3.63) is 63.6 Å². The number of hydrogen-bond donors (Lipinski definition) is 1. The number of H-pyrrole nitrogens is 1. The second kappa shape index (κ2) is 8.12. The fraction of sp³-hybridized carbons (Fsp3) is 0.500. The van der Waals surface area contributed by atoms with Crippen molar-refractivity contribution in [1.29, 1.82) is 0 Å². The quantitative estimate of drug-likeness (QED) is 0.690. The van der Waals surface area contributed by atoms with Gasteiger partial charge in [-0.2, -0.15) is 5.10 Å². The highest BCUT2D eigenvalue weighted by Gasteiger charge is 2.33. The molecule has 5 rings (SSSR count). The molecular formula is C22H25F2N5O2. The number of fused-ring (bicyclic) bond motifs is 1. The minimum absolute atomic E-state index is 0.0346. The number of hydrogen-bond acceptors (Lipinski definition) is 5. The molecule has 2 unspecified atom stereocenters. The average Bonchev–Trinajstić information content (AvgIpc) is 3.35. The minimum atomic E-state index is -0.841. The van der Waals surface area contributed by atoms with Gasteiger partial charge in [0.05, 0.1) is 6.20 Å². The molecule has 0 amide bonds. The summed E-state index contributed by atoms with van der Waals surface area (Å²) in [5.41, 5.74) is 0.983. The van der Waals surface area contributed by atoms with Gasteiger partial charge in [-0.1, -0.05) is 13.0 Å². The highest BCUT2D eigenvalue weighted by atomic mass is 19.2. The summed E-state index contributed by atoms with van der Waals surface area (Å²) in [5, 5.41) is 4.79. The molecule has 9 heteroatoms. The van der Waals surface area contributed by atoms with Gasteiger partial charge in [0.2, 0.25) is 0 Å². The van der Waals surface area contributed by atoms with Crippen LogP contribution in [0.3, 0.4) is 0 Å². The first-order valence-electron chi connectivity index (χ1n) is 10.7. The topological polar surface area (TPSA) is 75.5 Å². The number of rotatable bonds is 4. The Morgan fingerprint density at radius 2 is 2.00 bits per heavy atom. The number of nitrogens with one attached hydrogen (secondary N) is 1. The van der Waals surface area contributed by atoms with Gasteiger partial charge in [-0.05, 0) is 36.5 Å². The summed E-state index contributed by atoms with van der Waals surface area (Å²) >= 11 is 0. The number of aromatic amines is 1. The van der Waals surface area contributed by atoms with Crippen molar-refractivity contribution in [2.45, 2.75) is 38.1 Å². The lowest BCUT2D eigenvalue weighted by Crippen LogP contribution is -2.24. The van der Waals surface area contributed by atoms with E-state index in [1.54, 1.807) is 16.8 Å². The Hall–Kier alpha value is -2.65. The van der Waals surface area contributed by atoms with Gasteiger partial charge in [-0.15, -0.1) is 0 Å². The van der Waals surface area contributed by atoms with E-state index >= 15 is 0 Å². The summed E-state index contributed by atoms with van der Waals surface area (Å²) in [5.74, 6) is 0.294. The predicted molar refractivity (Wildman–Crippen MR) is 110 cm³/mol. The Morgan fingerprint density at radius 1 is 1.19 bits per heavy atom. The third kappa shape index (κ3) is 3.87. The van der Waals surface area contributed by atoms with Crippen molar-refractivity contribution in [3.63, 3.8) is 0 Å². The van der Waals surface area contributed by atoms with Crippen molar-refractivity contribution in [2.75, 3.05) is 26.3 Å². The molecule has 4 heterocycles. The SMILES string of the molecule is CC1CN(Cc2ccc(F)c(F)c2)CC1c1nn2c(C3CCOCC3)ncc2c(=O)[nH]1. The van der Waals surface area contributed by atoms with E-state index in [1.807, 2.05) is 0 Å². The van der Waals surface area contributed by atoms with Crippen LogP contribution in [-0.4, -0.2) is 50.8 Å². The molecule has 164 valence electrons. The number of likely N-dealkylation sites (tertiary alicyclic amines) is 1. The van der Waals surface area contributed by atoms with Crippen LogP contribution >= 0.6 is 0 Å². The molecule has 2 aliphatic heterocycles. The Morgan fingerprint density at radius 3 is 2.77 bits per heavy atom. The first-order valence-corrected chi connectivity index (χ1v) is 10.7. The van der Waals surface area contributed by atoms with Crippen LogP contribution in [0, 0.1) is 17.6 Å². The highest BCUT2D eigenvalue weighted by molar-refractivity contribution is 5.42. The fourth-order valence-corrected chi connectivity index (χ4v) is 4.78. The lowest BCUT2D eigenvalue weighted by Gasteiger charge is -2.21. The van der Waals surface area contributed by atoms with E-state index in [9.17, 15) is 13.6 Å². The van der Waals surface area contributed by atoms with E-state index < -0.39 is 11.6 Å². The molecule has 1 aromatic carbocycles. The fourth-order valence-electron chi connectivity index (χ4n) is 4.78. The van der Waals surface area contributed by atoms with Crippen LogP contribution in [0.1, 0.15) is 48.8 Å². The van der Waals surface area contributed by atoms with Crippen LogP contribution in [-0.2, 0) is 11.3 Å². The number of imidazole rings is 1. The average molecular weight is 429 g/mol. The van der Waals surface area contributed by atoms with E-state index in [-0.39, 0.29) is 23.3 Å². The molecule has 0 saturated carbocycles. The molecule has 31 heavy (non-hydrogen) atoms. The van der Waals surface area contributed by atoms with Gasteiger partial charge in [-0.25, -0.2) is 18.3 Å². The molecule has 7 nitrogen and oxygen atoms in total. The van der Waals surface area contributed by atoms with Crippen molar-refractivity contribution >= 4 is 5.52 Å². The normalized spacial score (nSPS) is 23.1. The van der Waals surface area contributed by atoms with E-state index in [4.69, 9.17) is 9.84 Å². The zero-order valence-electron chi connectivity index (χ0n) is 17.4. The third-order valence-corrected chi connectivity index (χ3v) is 6.46. The number of ether oxygens (including phenoxy) is 1. The summed E-state index contributed by atoms with van der Waals surface area (Å²) < 4.78 is 33.9. The van der Waals surface area contributed by atoms with Gasteiger partial charge in [0, 0.05) is 44.7 Å². The lowest BCUT2D eigenvalue weighted by atomic mass is 9.97. The maximum Gasteiger partial charge on any atom is 0.276 e. The summed E-state index contributed by atoms with van der Waals surface area (Å²) in [4.78, 5) is 22.4. The van der Waals surface area contributed by atoms with E-state index in [1.165, 1.54) is 6.07 Å². The maximum atomic E-state index is 13.6. The van der Waals surface area contributed by atoms with Gasteiger partial charge >= 0.3 is 0 Å². The zero-order valence-corrected chi connectivity index (χ0v) is 17.4. The minimum Gasteiger partial charge on any atom is -0.381 e. The van der Waals surface area contributed by atoms with Crippen LogP contribution in [0.5, 0.6) is 0 Å². The monoisotopic (exact) mass is 429 g/mol. The Labute approximate surface area is 178 Å². The molecule has 1 N–H and O–H groups in total. The number of nitrogens with zero attached hydrogens (tertiary/aromatic N) is 4. The summed E-state index contributed by atoms with van der Waals surface area (Å²) in [6.07, 6.45) is 3.32. The van der Waals surface area contributed by atoms with Crippen LogP contribution in [0.4, 0.5) is 8.78 Å². The molecule has 2 atom stereocenters. The zero-order chi connectivity index (χ0) is 21.5. The number of aromatic nitrogens is 4. The molecule has 2 aromatic heterocycles. The first-order chi connectivity index (χ1) is 15.0. The van der Waals surface area contributed by atoms with E-state index in [2.05, 4.69) is 21.8 Å². The van der Waals surface area contributed by atoms with Crippen molar-refractivity contribution in [2.24, 2.45) is 5.92 Å². The smallest absolute Gasteiger partial charge is 0.276 e. The van der Waals surface area contributed by atoms with Crippen molar-refractivity contribution in [3.8, 4) is 0 Å². The molecule has 2 saturated heterocycles. The second-order valence-electron chi connectivity index (χ2n) is 8.67. The van der Waals surface area contributed by atoms with Gasteiger partial charge < -0.3 is 9.72 Å². The third-order valence-electron chi connectivity index (χ3n) is 6.46. The van der Waals surface area contributed by atoms with Gasteiger partial charge in [-0.3, -0.25) is 9.69 Å². The Balaban J connectivity index is 1.40. The number of halogens is 2. The standard InChI is InChI=1S/C22H25F2N5O2/c1-13-10-28(11-14-2-3-17(23)18(24)8-14)12-16(13)20-26-22(30)19-9-25-21(29(19)27-20)15-4-6-31-7-5-15/h2-3,8-9,13,15-16H,4-7,10-12H2,1H3,(H,26,27,30). The Bertz CT molecular complexity index is 1150. The molecule has 0 spiro atoms. The summed E-state index contributed by atoms with van der Waals surface area (Å²) in [7, 11) is 0. The van der Waals surface area contributed by atoms with Crippen LogP contribution in [0.15, 0.2) is 29.2 Å². The molecule has 0 radical (unpaired) electrons. The lowest BCUT2D eigenvalue weighted by molar-refractivity contribution is 0.0832. The van der Waals surface area contributed by atoms with Gasteiger partial charge in [0.1, 0.15) is 11.6 Å². The molecule has 0 bridgehead atoms. The largest absolute Gasteiger partial charge is 0.381 e. The molecule has 0 aliphatic carbocycles. The number of benzene rings is 1. The maximum absolute atomic E-state index is 13.6. The molecule has 3 aromatic rings. The van der Waals surface area contributed by atoms with Crippen molar-refractivity contribution in [1.82, 2.24) is 24.5 Å². The highest BCUT2D eigenvalue weighted by Crippen LogP contribution is 2.32. The van der Waals surface area contributed by atoms with Crippen LogP contribution in [0.2, 0.25) is 0 Å². The van der Waals surface area contributed by atoms with Gasteiger partial charge in [0.15, 0.2) is 17.2 Å². The predicted octanol–water partition coefficient (Wildman–Crippen LogP) is 2.83. The molecule has 2 fully saturated rings. The van der Waals surface area contributed by atoms with Gasteiger partial charge in [0.25, 0.3) is 5.56 Å². The van der Waals surface area contributed by atoms with Crippen molar-refractivity contribution < 1.29 is 13.5 Å². The first kappa shape index (κ1) is 20.3. The molecule has 2 aliphatic rings. The second-order valence-corrected chi connectivity index (χ2v) is 8.67. The summed E-state index contributed by atoms with van der Waals surface area (Å²) in [6, 6.07) is 4.00. The van der Waals surface area contributed by atoms with Crippen LogP contribution < -0.4 is 5.56 Å². The Kier molecular flexibility index (Phi) is 5.31.